The van der Waals surface area contributed by atoms with Gasteiger partial charge in [-0.2, -0.15) is 8.42 Å². The average Bonchev–Trinajstić information content (AvgIpc) is 3.20. The Kier molecular flexibility index (Phi) is 3.94. The summed E-state index contributed by atoms with van der Waals surface area (Å²) >= 11 is 6.03. The molecule has 4 aliphatic rings. The number of phenolic OH excluding ortho intramolecular Hbond substituents is 1. The normalized spacial score (nSPS) is 33.0. The molecule has 0 unspecified atom stereocenters. The zero-order valence-electron chi connectivity index (χ0n) is 15.8. The molecule has 2 heterocycles. The monoisotopic (exact) mass is 459 g/mol. The molecule has 2 saturated heterocycles. The second kappa shape index (κ2) is 6.05. The van der Waals surface area contributed by atoms with Gasteiger partial charge in [0.05, 0.1) is 44.1 Å². The zero-order chi connectivity index (χ0) is 21.7. The van der Waals surface area contributed by atoms with Crippen LogP contribution in [0.4, 0.5) is 15.3 Å². The molecule has 6 atom stereocenters. The number of anilines is 1. The summed E-state index contributed by atoms with van der Waals surface area (Å²) in [7, 11) is -2.22. The first kappa shape index (κ1) is 19.5. The van der Waals surface area contributed by atoms with Gasteiger partial charge in [-0.15, -0.1) is 0 Å². The summed E-state index contributed by atoms with van der Waals surface area (Å²) in [5.41, 5.74) is 0.190. The zero-order valence-corrected chi connectivity index (χ0v) is 17.4. The number of piperidine rings is 1. The van der Waals surface area contributed by atoms with E-state index in [1.807, 2.05) is 4.90 Å². The van der Waals surface area contributed by atoms with Gasteiger partial charge in [-0.3, -0.25) is 4.55 Å². The molecule has 13 heteroatoms. The molecule has 2 aliphatic carbocycles. The lowest BCUT2D eigenvalue weighted by Gasteiger charge is -2.55. The number of aromatic hydroxyl groups is 1. The van der Waals surface area contributed by atoms with Crippen molar-refractivity contribution < 1.29 is 37.1 Å². The molecule has 0 aromatic heterocycles. The fourth-order valence-electron chi connectivity index (χ4n) is 5.72. The Balaban J connectivity index is 1.50. The van der Waals surface area contributed by atoms with Gasteiger partial charge in [-0.05, 0) is 18.6 Å². The Morgan fingerprint density at radius 2 is 1.53 bits per heavy atom. The first-order valence-electron chi connectivity index (χ1n) is 9.14. The van der Waals surface area contributed by atoms with E-state index in [2.05, 4.69) is 0 Å². The van der Waals surface area contributed by atoms with Crippen LogP contribution in [0, 0.1) is 11.8 Å². The van der Waals surface area contributed by atoms with Crippen LogP contribution in [0.15, 0.2) is 17.0 Å². The van der Waals surface area contributed by atoms with Gasteiger partial charge in [0, 0.05) is 16.9 Å². The van der Waals surface area contributed by atoms with Gasteiger partial charge in [0.15, 0.2) is 5.75 Å². The predicted octanol–water partition coefficient (Wildman–Crippen LogP) is 1.30. The number of hydrogen-bond donors (Lipinski definition) is 2. The van der Waals surface area contributed by atoms with Gasteiger partial charge in [-0.1, -0.05) is 11.6 Å². The van der Waals surface area contributed by atoms with Crippen LogP contribution in [-0.2, 0) is 19.6 Å². The number of hydrazine groups is 1. The summed E-state index contributed by atoms with van der Waals surface area (Å²) in [6.07, 6.45) is -0.580. The third-order valence-electron chi connectivity index (χ3n) is 6.65. The maximum atomic E-state index is 12.3. The molecule has 1 aromatic rings. The fourth-order valence-corrected chi connectivity index (χ4v) is 6.62. The number of halogens is 1. The number of carbonyl (C=O) groups is 2. The average molecular weight is 460 g/mol. The minimum Gasteiger partial charge on any atom is -0.504 e. The van der Waals surface area contributed by atoms with Crippen molar-refractivity contribution in [3.63, 3.8) is 0 Å². The topological polar surface area (TPSA) is 137 Å². The highest BCUT2D eigenvalue weighted by Gasteiger charge is 2.78. The number of methoxy groups -OCH3 is 2. The first-order valence-corrected chi connectivity index (χ1v) is 11.0. The Labute approximate surface area is 176 Å². The summed E-state index contributed by atoms with van der Waals surface area (Å²) in [6, 6.07) is 1.74. The number of rotatable bonds is 2. The molecule has 2 aliphatic heterocycles. The minimum atomic E-state index is -4.68. The molecule has 5 rings (SSSR count). The van der Waals surface area contributed by atoms with Crippen LogP contribution < -0.4 is 4.90 Å². The molecule has 0 radical (unpaired) electrons. The van der Waals surface area contributed by atoms with E-state index in [-0.39, 0.29) is 46.7 Å². The number of ether oxygens (including phenoxy) is 2. The van der Waals surface area contributed by atoms with Crippen molar-refractivity contribution >= 4 is 39.6 Å². The lowest BCUT2D eigenvalue weighted by molar-refractivity contribution is -0.173. The molecule has 11 nitrogen and oxygen atoms in total. The van der Waals surface area contributed by atoms with Gasteiger partial charge >= 0.3 is 12.2 Å². The van der Waals surface area contributed by atoms with Gasteiger partial charge in [0.2, 0.25) is 0 Å². The van der Waals surface area contributed by atoms with Crippen molar-refractivity contribution in [2.75, 3.05) is 19.1 Å². The van der Waals surface area contributed by atoms with Crippen molar-refractivity contribution in [2.45, 2.75) is 35.5 Å². The van der Waals surface area contributed by atoms with Gasteiger partial charge in [0.25, 0.3) is 10.1 Å². The van der Waals surface area contributed by atoms with Crippen LogP contribution in [0.3, 0.4) is 0 Å². The van der Waals surface area contributed by atoms with Crippen LogP contribution in [0.5, 0.6) is 5.75 Å². The van der Waals surface area contributed by atoms with E-state index in [1.165, 1.54) is 30.3 Å². The molecule has 2 amide bonds. The molecule has 2 saturated carbocycles. The Hall–Kier alpha value is -2.44. The highest BCUT2D eigenvalue weighted by atomic mass is 35.5. The van der Waals surface area contributed by atoms with E-state index < -0.39 is 32.9 Å². The largest absolute Gasteiger partial charge is 0.504 e. The minimum absolute atomic E-state index is 0.0161. The first-order chi connectivity index (χ1) is 14.1. The summed E-state index contributed by atoms with van der Waals surface area (Å²) in [5.74, 6) is -0.618. The van der Waals surface area contributed by atoms with Crippen molar-refractivity contribution in [3.8, 4) is 5.75 Å². The summed E-state index contributed by atoms with van der Waals surface area (Å²) in [5, 5.41) is 13.1. The maximum absolute atomic E-state index is 12.3. The lowest BCUT2D eigenvalue weighted by atomic mass is 9.86. The van der Waals surface area contributed by atoms with Crippen LogP contribution in [0.1, 0.15) is 6.42 Å². The third-order valence-corrected chi connectivity index (χ3v) is 7.73. The highest BCUT2D eigenvalue weighted by Crippen LogP contribution is 2.66. The molecular weight excluding hydrogens is 442 g/mol. The van der Waals surface area contributed by atoms with Crippen molar-refractivity contribution in [1.82, 2.24) is 10.0 Å². The number of nitrogens with zero attached hydrogens (tertiary/aromatic N) is 3. The summed E-state index contributed by atoms with van der Waals surface area (Å²) in [6.45, 7) is 0. The van der Waals surface area contributed by atoms with Gasteiger partial charge in [-0.25, -0.2) is 19.6 Å². The smallest absolute Gasteiger partial charge is 0.429 e. The molecule has 162 valence electrons. The SMILES string of the molecule is COC(=O)N1[C@@H]2[C@@H]3C[C@@H]([C@@H]4[C@H]3N4c3cc(Cl)cc(S(=O)(=O)O)c3O)[C@@H]2N1C(=O)OC. The second-order valence-electron chi connectivity index (χ2n) is 7.81. The number of carbonyl (C=O) groups excluding carboxylic acids is 2. The van der Waals surface area contributed by atoms with Gasteiger partial charge in [0.1, 0.15) is 4.90 Å². The molecular formula is C17H18ClN3O8S. The Bertz CT molecular complexity index is 1040. The Morgan fingerprint density at radius 1 is 1.03 bits per heavy atom. The van der Waals surface area contributed by atoms with E-state index >= 15 is 0 Å². The fraction of sp³-hybridized carbons (Fsp3) is 0.529. The number of amides is 2. The van der Waals surface area contributed by atoms with Crippen LogP contribution >= 0.6 is 11.6 Å². The van der Waals surface area contributed by atoms with E-state index in [0.29, 0.717) is 0 Å². The standard InChI is InChI=1S/C17H18ClN3O8S/c1-28-16(23)20-13-7-5-8(14(13)21(20)17(24)29-2)12-11(7)19(12)9-3-6(18)4-10(15(9)22)30(25,26)27/h3-4,7-8,11-14,22H,5H2,1-2H3,(H,25,26,27)/t7-,8+,11+,12-,13-,14+,19?. The number of hydrogen-bond acceptors (Lipinski definition) is 8. The van der Waals surface area contributed by atoms with E-state index in [1.54, 1.807) is 0 Å². The lowest BCUT2D eigenvalue weighted by Crippen LogP contribution is -2.76. The van der Waals surface area contributed by atoms with E-state index in [0.717, 1.165) is 12.5 Å². The molecule has 2 bridgehead atoms. The molecule has 30 heavy (non-hydrogen) atoms. The number of phenols is 1. The molecule has 0 spiro atoms. The summed E-state index contributed by atoms with van der Waals surface area (Å²) in [4.78, 5) is 25.7. The molecule has 4 fully saturated rings. The van der Waals surface area contributed by atoms with Crippen LogP contribution in [-0.4, -0.2) is 78.7 Å². The van der Waals surface area contributed by atoms with E-state index in [9.17, 15) is 27.7 Å². The molecule has 2 N–H and O–H groups in total. The second-order valence-corrected chi connectivity index (χ2v) is 9.64. The maximum Gasteiger partial charge on any atom is 0.429 e. The predicted molar refractivity (Wildman–Crippen MR) is 101 cm³/mol. The highest BCUT2D eigenvalue weighted by molar-refractivity contribution is 7.86. The van der Waals surface area contributed by atoms with Crippen molar-refractivity contribution in [1.29, 1.82) is 0 Å². The number of benzene rings is 1. The quantitative estimate of drug-likeness (QED) is 0.495. The molecule has 1 aromatic carbocycles. The third kappa shape index (κ3) is 2.32. The van der Waals surface area contributed by atoms with Crippen LogP contribution in [0.25, 0.3) is 0 Å². The van der Waals surface area contributed by atoms with Crippen LogP contribution in [0.2, 0.25) is 5.02 Å². The van der Waals surface area contributed by atoms with Crippen molar-refractivity contribution in [2.24, 2.45) is 11.8 Å². The van der Waals surface area contributed by atoms with E-state index in [4.69, 9.17) is 21.1 Å². The van der Waals surface area contributed by atoms with Gasteiger partial charge < -0.3 is 19.5 Å². The summed E-state index contributed by atoms with van der Waals surface area (Å²) < 4.78 is 42.2. The number of fused-ring (bicyclic) bond motifs is 8. The Morgan fingerprint density at radius 3 is 1.97 bits per heavy atom. The van der Waals surface area contributed by atoms with Crippen molar-refractivity contribution in [3.05, 3.63) is 17.2 Å².